The summed E-state index contributed by atoms with van der Waals surface area (Å²) in [6.07, 6.45) is 0. The van der Waals surface area contributed by atoms with Crippen LogP contribution in [0.3, 0.4) is 0 Å². The number of hydrogen-bond donors (Lipinski definition) is 1. The molecule has 2 rings (SSSR count). The average molecular weight is 242 g/mol. The van der Waals surface area contributed by atoms with Crippen LogP contribution in [0.4, 0.5) is 0 Å². The van der Waals surface area contributed by atoms with Crippen LogP contribution >= 0.6 is 0 Å². The standard InChI is InChI=1S/C16H18O2/c17-11-16(15-9-5-2-6-10-15)13-18-12-14-7-3-1-4-8-14/h1-10,16-17H,11-13H2. The van der Waals surface area contributed by atoms with Gasteiger partial charge in [-0.15, -0.1) is 0 Å². The Kier molecular flexibility index (Phi) is 4.94. The molecule has 1 atom stereocenters. The van der Waals surface area contributed by atoms with Gasteiger partial charge >= 0.3 is 0 Å². The van der Waals surface area contributed by atoms with Gasteiger partial charge < -0.3 is 9.84 Å². The number of benzene rings is 2. The third-order valence-electron chi connectivity index (χ3n) is 2.92. The molecule has 2 nitrogen and oxygen atoms in total. The molecule has 0 aliphatic carbocycles. The summed E-state index contributed by atoms with van der Waals surface area (Å²) >= 11 is 0. The van der Waals surface area contributed by atoms with Gasteiger partial charge in [-0.25, -0.2) is 0 Å². The first-order valence-corrected chi connectivity index (χ1v) is 6.17. The first-order valence-electron chi connectivity index (χ1n) is 6.17. The van der Waals surface area contributed by atoms with Gasteiger partial charge in [-0.3, -0.25) is 0 Å². The van der Waals surface area contributed by atoms with Crippen molar-refractivity contribution in [2.45, 2.75) is 12.5 Å². The van der Waals surface area contributed by atoms with Crippen molar-refractivity contribution < 1.29 is 9.84 Å². The van der Waals surface area contributed by atoms with Gasteiger partial charge in [-0.2, -0.15) is 0 Å². The second kappa shape index (κ2) is 6.94. The summed E-state index contributed by atoms with van der Waals surface area (Å²) in [7, 11) is 0. The maximum Gasteiger partial charge on any atom is 0.0717 e. The van der Waals surface area contributed by atoms with Gasteiger partial charge in [0.05, 0.1) is 19.8 Å². The van der Waals surface area contributed by atoms with Crippen molar-refractivity contribution in [3.8, 4) is 0 Å². The fourth-order valence-corrected chi connectivity index (χ4v) is 1.87. The molecule has 2 aromatic rings. The van der Waals surface area contributed by atoms with Crippen molar-refractivity contribution in [2.75, 3.05) is 13.2 Å². The molecule has 0 bridgehead atoms. The van der Waals surface area contributed by atoms with Crippen LogP contribution in [0, 0.1) is 0 Å². The number of ether oxygens (including phenoxy) is 1. The summed E-state index contributed by atoms with van der Waals surface area (Å²) in [5, 5.41) is 9.40. The summed E-state index contributed by atoms with van der Waals surface area (Å²) in [6, 6.07) is 20.0. The summed E-state index contributed by atoms with van der Waals surface area (Å²) in [4.78, 5) is 0. The lowest BCUT2D eigenvalue weighted by atomic mass is 10.0. The van der Waals surface area contributed by atoms with Crippen LogP contribution in [-0.4, -0.2) is 18.3 Å². The third kappa shape index (κ3) is 3.69. The minimum Gasteiger partial charge on any atom is -0.396 e. The molecule has 0 aliphatic rings. The van der Waals surface area contributed by atoms with Gasteiger partial charge in [0.15, 0.2) is 0 Å². The largest absolute Gasteiger partial charge is 0.396 e. The van der Waals surface area contributed by atoms with Crippen molar-refractivity contribution in [1.29, 1.82) is 0 Å². The molecule has 0 heterocycles. The van der Waals surface area contributed by atoms with Crippen molar-refractivity contribution in [3.05, 3.63) is 71.8 Å². The molecular weight excluding hydrogens is 224 g/mol. The molecule has 0 fully saturated rings. The predicted molar refractivity (Wildman–Crippen MR) is 72.4 cm³/mol. The Morgan fingerprint density at radius 1 is 0.889 bits per heavy atom. The van der Waals surface area contributed by atoms with E-state index in [1.54, 1.807) is 0 Å². The Hall–Kier alpha value is -1.64. The highest BCUT2D eigenvalue weighted by Gasteiger charge is 2.09. The Balaban J connectivity index is 1.85. The number of aliphatic hydroxyl groups is 1. The Bertz CT molecular complexity index is 439. The Morgan fingerprint density at radius 3 is 2.11 bits per heavy atom. The van der Waals surface area contributed by atoms with Crippen LogP contribution in [0.1, 0.15) is 17.0 Å². The van der Waals surface area contributed by atoms with Crippen LogP contribution < -0.4 is 0 Å². The van der Waals surface area contributed by atoms with E-state index in [0.29, 0.717) is 13.2 Å². The Morgan fingerprint density at radius 2 is 1.50 bits per heavy atom. The van der Waals surface area contributed by atoms with E-state index in [4.69, 9.17) is 4.74 Å². The van der Waals surface area contributed by atoms with Crippen LogP contribution in [0.5, 0.6) is 0 Å². The molecular formula is C16H18O2. The number of rotatable bonds is 6. The summed E-state index contributed by atoms with van der Waals surface area (Å²) in [5.74, 6) is 0.0508. The maximum absolute atomic E-state index is 9.40. The normalized spacial score (nSPS) is 12.3. The Labute approximate surface area is 108 Å². The minimum atomic E-state index is 0.0508. The summed E-state index contributed by atoms with van der Waals surface area (Å²) in [6.45, 7) is 1.23. The summed E-state index contributed by atoms with van der Waals surface area (Å²) in [5.41, 5.74) is 2.27. The van der Waals surface area contributed by atoms with E-state index in [9.17, 15) is 5.11 Å². The third-order valence-corrected chi connectivity index (χ3v) is 2.92. The van der Waals surface area contributed by atoms with Gasteiger partial charge in [0.1, 0.15) is 0 Å². The maximum atomic E-state index is 9.40. The second-order valence-electron chi connectivity index (χ2n) is 4.29. The molecule has 0 radical (unpaired) electrons. The highest BCUT2D eigenvalue weighted by Crippen LogP contribution is 2.15. The number of aliphatic hydroxyl groups excluding tert-OH is 1. The van der Waals surface area contributed by atoms with Crippen molar-refractivity contribution in [3.63, 3.8) is 0 Å². The molecule has 0 aliphatic heterocycles. The molecule has 2 heteroatoms. The zero-order valence-electron chi connectivity index (χ0n) is 10.3. The van der Waals surface area contributed by atoms with Crippen LogP contribution in [0.2, 0.25) is 0 Å². The predicted octanol–water partition coefficient (Wildman–Crippen LogP) is 2.98. The molecule has 0 amide bonds. The molecule has 1 unspecified atom stereocenters. The molecule has 0 saturated heterocycles. The van der Waals surface area contributed by atoms with Gasteiger partial charge in [-0.05, 0) is 11.1 Å². The lowest BCUT2D eigenvalue weighted by Gasteiger charge is -2.14. The smallest absolute Gasteiger partial charge is 0.0717 e. The SMILES string of the molecule is OCC(COCc1ccccc1)c1ccccc1. The van der Waals surface area contributed by atoms with E-state index in [1.807, 2.05) is 60.7 Å². The lowest BCUT2D eigenvalue weighted by molar-refractivity contribution is 0.0882. The van der Waals surface area contributed by atoms with Crippen molar-refractivity contribution in [1.82, 2.24) is 0 Å². The van der Waals surface area contributed by atoms with Crippen LogP contribution in [0.25, 0.3) is 0 Å². The lowest BCUT2D eigenvalue weighted by Crippen LogP contribution is -2.12. The van der Waals surface area contributed by atoms with Gasteiger partial charge in [0, 0.05) is 5.92 Å². The average Bonchev–Trinajstić information content (AvgIpc) is 2.46. The fraction of sp³-hybridized carbons (Fsp3) is 0.250. The highest BCUT2D eigenvalue weighted by molar-refractivity contribution is 5.19. The van der Waals surface area contributed by atoms with Crippen LogP contribution in [0.15, 0.2) is 60.7 Å². The molecule has 1 N–H and O–H groups in total. The van der Waals surface area contributed by atoms with E-state index in [0.717, 1.165) is 11.1 Å². The van der Waals surface area contributed by atoms with E-state index in [2.05, 4.69) is 0 Å². The van der Waals surface area contributed by atoms with E-state index >= 15 is 0 Å². The number of hydrogen-bond acceptors (Lipinski definition) is 2. The second-order valence-corrected chi connectivity index (χ2v) is 4.29. The topological polar surface area (TPSA) is 29.5 Å². The molecule has 0 saturated carbocycles. The molecule has 94 valence electrons. The van der Waals surface area contributed by atoms with E-state index in [1.165, 1.54) is 0 Å². The highest BCUT2D eigenvalue weighted by atomic mass is 16.5. The van der Waals surface area contributed by atoms with E-state index < -0.39 is 0 Å². The molecule has 18 heavy (non-hydrogen) atoms. The van der Waals surface area contributed by atoms with Gasteiger partial charge in [0.25, 0.3) is 0 Å². The first-order chi connectivity index (χ1) is 8.90. The minimum absolute atomic E-state index is 0.0508. The molecule has 2 aromatic carbocycles. The molecule has 0 aromatic heterocycles. The fourth-order valence-electron chi connectivity index (χ4n) is 1.87. The zero-order chi connectivity index (χ0) is 12.6. The van der Waals surface area contributed by atoms with Crippen LogP contribution in [-0.2, 0) is 11.3 Å². The van der Waals surface area contributed by atoms with Crippen molar-refractivity contribution >= 4 is 0 Å². The zero-order valence-corrected chi connectivity index (χ0v) is 10.3. The first kappa shape index (κ1) is 12.8. The summed E-state index contributed by atoms with van der Waals surface area (Å²) < 4.78 is 5.67. The monoisotopic (exact) mass is 242 g/mol. The van der Waals surface area contributed by atoms with Gasteiger partial charge in [0.2, 0.25) is 0 Å². The van der Waals surface area contributed by atoms with E-state index in [-0.39, 0.29) is 12.5 Å². The van der Waals surface area contributed by atoms with Crippen molar-refractivity contribution in [2.24, 2.45) is 0 Å². The molecule has 0 spiro atoms. The van der Waals surface area contributed by atoms with Gasteiger partial charge in [-0.1, -0.05) is 60.7 Å². The quantitative estimate of drug-likeness (QED) is 0.843.